The van der Waals surface area contributed by atoms with E-state index in [1.165, 1.54) is 6.07 Å². The first-order valence-corrected chi connectivity index (χ1v) is 10.5. The van der Waals surface area contributed by atoms with Crippen molar-refractivity contribution in [2.75, 3.05) is 38.2 Å². The van der Waals surface area contributed by atoms with Crippen LogP contribution in [-0.4, -0.2) is 49.3 Å². The monoisotopic (exact) mass is 421 g/mol. The Morgan fingerprint density at radius 1 is 1.06 bits per heavy atom. The molecule has 1 amide bonds. The highest BCUT2D eigenvalue weighted by Gasteiger charge is 2.55. The van der Waals surface area contributed by atoms with Crippen molar-refractivity contribution >= 4 is 11.6 Å². The molecule has 0 radical (unpaired) electrons. The number of benzene rings is 2. The normalized spacial score (nSPS) is 17.5. The van der Waals surface area contributed by atoms with Crippen molar-refractivity contribution in [3.63, 3.8) is 0 Å². The van der Waals surface area contributed by atoms with E-state index in [0.717, 1.165) is 24.2 Å². The Labute approximate surface area is 180 Å². The largest absolute Gasteiger partial charge is 0.497 e. The first-order chi connectivity index (χ1) is 15.1. The fourth-order valence-electron chi connectivity index (χ4n) is 4.28. The second-order valence-corrected chi connectivity index (χ2v) is 8.12. The van der Waals surface area contributed by atoms with Gasteiger partial charge in [0.15, 0.2) is 5.76 Å². The number of piperazine rings is 1. The third-order valence-electron chi connectivity index (χ3n) is 6.27. The summed E-state index contributed by atoms with van der Waals surface area (Å²) in [6, 6.07) is 16.2. The van der Waals surface area contributed by atoms with Crippen LogP contribution in [0.2, 0.25) is 0 Å². The minimum absolute atomic E-state index is 0.0891. The van der Waals surface area contributed by atoms with Gasteiger partial charge in [0, 0.05) is 37.8 Å². The number of aromatic nitrogens is 1. The van der Waals surface area contributed by atoms with Crippen molar-refractivity contribution < 1.29 is 18.4 Å². The number of nitrogens with zero attached hydrogens (tertiary/aromatic N) is 3. The topological polar surface area (TPSA) is 58.8 Å². The Bertz CT molecular complexity index is 1100. The number of anilines is 1. The summed E-state index contributed by atoms with van der Waals surface area (Å²) in [7, 11) is 1.62. The molecule has 0 atom stereocenters. The van der Waals surface area contributed by atoms with Crippen LogP contribution in [0.4, 0.5) is 10.1 Å². The molecule has 0 unspecified atom stereocenters. The highest BCUT2D eigenvalue weighted by Crippen LogP contribution is 2.50. The van der Waals surface area contributed by atoms with Gasteiger partial charge < -0.3 is 19.1 Å². The second-order valence-electron chi connectivity index (χ2n) is 8.12. The fourth-order valence-corrected chi connectivity index (χ4v) is 4.28. The van der Waals surface area contributed by atoms with Gasteiger partial charge in [0.25, 0.3) is 0 Å². The smallest absolute Gasteiger partial charge is 0.235 e. The summed E-state index contributed by atoms with van der Waals surface area (Å²) in [5.41, 5.74) is 1.54. The lowest BCUT2D eigenvalue weighted by molar-refractivity contribution is -0.134. The lowest BCUT2D eigenvalue weighted by Crippen LogP contribution is -2.51. The lowest BCUT2D eigenvalue weighted by Gasteiger charge is -2.37. The molecule has 1 saturated heterocycles. The predicted molar refractivity (Wildman–Crippen MR) is 115 cm³/mol. The highest BCUT2D eigenvalue weighted by molar-refractivity contribution is 5.91. The average molecular weight is 421 g/mol. The molecular formula is C24H24FN3O3. The number of halogens is 1. The molecule has 5 rings (SSSR count). The van der Waals surface area contributed by atoms with Gasteiger partial charge in [-0.05, 0) is 37.1 Å². The number of carbonyl (C=O) groups excluding carboxylic acids is 1. The fraction of sp³-hybridized carbons (Fsp3) is 0.333. The molecule has 2 fully saturated rings. The van der Waals surface area contributed by atoms with Gasteiger partial charge in [-0.1, -0.05) is 29.4 Å². The molecule has 2 aliphatic rings. The van der Waals surface area contributed by atoms with Gasteiger partial charge in [-0.2, -0.15) is 0 Å². The number of hydrogen-bond acceptors (Lipinski definition) is 5. The first kappa shape index (κ1) is 19.6. The molecule has 160 valence electrons. The van der Waals surface area contributed by atoms with Gasteiger partial charge in [-0.15, -0.1) is 0 Å². The molecule has 6 nitrogen and oxygen atoms in total. The van der Waals surface area contributed by atoms with Crippen molar-refractivity contribution in [1.82, 2.24) is 10.1 Å². The third kappa shape index (κ3) is 3.54. The summed E-state index contributed by atoms with van der Waals surface area (Å²) in [5, 5.41) is 4.25. The summed E-state index contributed by atoms with van der Waals surface area (Å²) < 4.78 is 24.9. The minimum atomic E-state index is -0.596. The zero-order chi connectivity index (χ0) is 21.4. The molecular weight excluding hydrogens is 397 g/mol. The highest BCUT2D eigenvalue weighted by atomic mass is 19.1. The molecule has 7 heteroatoms. The number of amides is 1. The Morgan fingerprint density at radius 2 is 1.84 bits per heavy atom. The van der Waals surface area contributed by atoms with Crippen molar-refractivity contribution in [3.05, 3.63) is 66.1 Å². The van der Waals surface area contributed by atoms with Gasteiger partial charge in [0.2, 0.25) is 5.91 Å². The maximum atomic E-state index is 14.1. The molecule has 3 aromatic rings. The predicted octanol–water partition coefficient (Wildman–Crippen LogP) is 3.87. The summed E-state index contributed by atoms with van der Waals surface area (Å²) >= 11 is 0. The van der Waals surface area contributed by atoms with E-state index in [1.54, 1.807) is 19.2 Å². The molecule has 1 aliphatic heterocycles. The first-order valence-electron chi connectivity index (χ1n) is 10.5. The number of ether oxygens (including phenoxy) is 1. The van der Waals surface area contributed by atoms with Gasteiger partial charge in [0.1, 0.15) is 11.6 Å². The molecule has 1 aliphatic carbocycles. The van der Waals surface area contributed by atoms with Crippen LogP contribution in [0.5, 0.6) is 5.75 Å². The standard InChI is InChI=1S/C24H24FN3O3/c1-30-18-6-4-5-17(15-18)21-16-22(26-31-21)24(9-10-24)23(29)28-13-11-27(12-14-28)20-8-3-2-7-19(20)25/h2-8,15-16H,9-14H2,1H3. The van der Waals surface area contributed by atoms with Crippen LogP contribution in [0.15, 0.2) is 59.1 Å². The number of rotatable bonds is 5. The quantitative estimate of drug-likeness (QED) is 0.626. The average Bonchev–Trinajstić information content (AvgIpc) is 3.48. The van der Waals surface area contributed by atoms with Gasteiger partial charge in [-0.3, -0.25) is 4.79 Å². The van der Waals surface area contributed by atoms with Crippen LogP contribution in [-0.2, 0) is 10.2 Å². The lowest BCUT2D eigenvalue weighted by atomic mass is 9.99. The van der Waals surface area contributed by atoms with E-state index in [0.29, 0.717) is 43.3 Å². The maximum Gasteiger partial charge on any atom is 0.235 e. The Morgan fingerprint density at radius 3 is 2.55 bits per heavy atom. The summed E-state index contributed by atoms with van der Waals surface area (Å²) in [5.74, 6) is 1.22. The van der Waals surface area contributed by atoms with Crippen LogP contribution >= 0.6 is 0 Å². The second kappa shape index (κ2) is 7.72. The third-order valence-corrected chi connectivity index (χ3v) is 6.27. The van der Waals surface area contributed by atoms with Crippen molar-refractivity contribution in [3.8, 4) is 17.1 Å². The number of hydrogen-bond donors (Lipinski definition) is 0. The van der Waals surface area contributed by atoms with E-state index in [2.05, 4.69) is 5.16 Å². The maximum absolute atomic E-state index is 14.1. The molecule has 0 N–H and O–H groups in total. The van der Waals surface area contributed by atoms with E-state index >= 15 is 0 Å². The Balaban J connectivity index is 1.29. The van der Waals surface area contributed by atoms with Crippen LogP contribution < -0.4 is 9.64 Å². The van der Waals surface area contributed by atoms with Crippen LogP contribution in [0.3, 0.4) is 0 Å². The van der Waals surface area contributed by atoms with Crippen molar-refractivity contribution in [2.45, 2.75) is 18.3 Å². The summed E-state index contributed by atoms with van der Waals surface area (Å²) in [6.07, 6.45) is 1.53. The van der Waals surface area contributed by atoms with Crippen molar-refractivity contribution in [2.24, 2.45) is 0 Å². The van der Waals surface area contributed by atoms with E-state index in [1.807, 2.05) is 46.2 Å². The molecule has 0 bridgehead atoms. The van der Waals surface area contributed by atoms with E-state index < -0.39 is 5.41 Å². The van der Waals surface area contributed by atoms with Gasteiger partial charge >= 0.3 is 0 Å². The molecule has 1 aromatic heterocycles. The van der Waals surface area contributed by atoms with Crippen LogP contribution in [0.1, 0.15) is 18.5 Å². The van der Waals surface area contributed by atoms with Crippen LogP contribution in [0, 0.1) is 5.82 Å². The van der Waals surface area contributed by atoms with E-state index in [4.69, 9.17) is 9.26 Å². The number of carbonyl (C=O) groups is 1. The molecule has 0 spiro atoms. The molecule has 2 aromatic carbocycles. The molecule has 31 heavy (non-hydrogen) atoms. The Kier molecular flexibility index (Phi) is 4.88. The molecule has 1 saturated carbocycles. The summed E-state index contributed by atoms with van der Waals surface area (Å²) in [6.45, 7) is 2.35. The van der Waals surface area contributed by atoms with Gasteiger partial charge in [-0.25, -0.2) is 4.39 Å². The van der Waals surface area contributed by atoms with Gasteiger partial charge in [0.05, 0.1) is 23.9 Å². The molecule has 2 heterocycles. The van der Waals surface area contributed by atoms with E-state index in [-0.39, 0.29) is 11.7 Å². The SMILES string of the molecule is COc1cccc(-c2cc(C3(C(=O)N4CCN(c5ccccc5F)CC4)CC3)no2)c1. The van der Waals surface area contributed by atoms with Crippen LogP contribution in [0.25, 0.3) is 11.3 Å². The number of methoxy groups -OCH3 is 1. The van der Waals surface area contributed by atoms with E-state index in [9.17, 15) is 9.18 Å². The number of para-hydroxylation sites is 1. The Hall–Kier alpha value is -3.35. The summed E-state index contributed by atoms with van der Waals surface area (Å²) in [4.78, 5) is 17.2. The zero-order valence-corrected chi connectivity index (χ0v) is 17.4. The minimum Gasteiger partial charge on any atom is -0.497 e. The zero-order valence-electron chi connectivity index (χ0n) is 17.4. The van der Waals surface area contributed by atoms with Crippen molar-refractivity contribution in [1.29, 1.82) is 0 Å².